The highest BCUT2D eigenvalue weighted by Crippen LogP contribution is 2.20. The fourth-order valence-electron chi connectivity index (χ4n) is 3.14. The molecule has 2 aromatic rings. The van der Waals surface area contributed by atoms with Gasteiger partial charge in [-0.3, -0.25) is 9.69 Å². The van der Waals surface area contributed by atoms with Crippen molar-refractivity contribution in [1.29, 1.82) is 0 Å². The zero-order valence-corrected chi connectivity index (χ0v) is 16.5. The number of aromatic nitrogens is 2. The summed E-state index contributed by atoms with van der Waals surface area (Å²) in [6, 6.07) is 7.31. The molecule has 0 bridgehead atoms. The maximum Gasteiger partial charge on any atom is 0.236 e. The molecule has 1 aliphatic heterocycles. The summed E-state index contributed by atoms with van der Waals surface area (Å²) in [5, 5.41) is 4.06. The number of carbonyl (C=O) groups is 1. The predicted octanol–water partition coefficient (Wildman–Crippen LogP) is 1.56. The summed E-state index contributed by atoms with van der Waals surface area (Å²) < 4.78 is 7.69. The van der Waals surface area contributed by atoms with Gasteiger partial charge in [0.15, 0.2) is 0 Å². The van der Waals surface area contributed by atoms with Gasteiger partial charge in [-0.25, -0.2) is 4.98 Å². The zero-order valence-electron chi connectivity index (χ0n) is 15.8. The molecule has 2 heterocycles. The number of nitrogens with one attached hydrogen (secondary N) is 1. The van der Waals surface area contributed by atoms with E-state index >= 15 is 0 Å². The quantitative estimate of drug-likeness (QED) is 0.776. The van der Waals surface area contributed by atoms with Crippen molar-refractivity contribution in [1.82, 2.24) is 24.7 Å². The van der Waals surface area contributed by atoms with E-state index in [0.717, 1.165) is 31.2 Å². The summed E-state index contributed by atoms with van der Waals surface area (Å²) in [7, 11) is 3.79. The van der Waals surface area contributed by atoms with Crippen LogP contribution in [-0.4, -0.2) is 71.6 Å². The van der Waals surface area contributed by atoms with Crippen molar-refractivity contribution in [3.05, 3.63) is 47.5 Å². The average Bonchev–Trinajstić information content (AvgIpc) is 3.09. The van der Waals surface area contributed by atoms with Gasteiger partial charge in [-0.15, -0.1) is 0 Å². The molecule has 1 atom stereocenters. The molecule has 0 saturated carbocycles. The number of hydrogen-bond acceptors (Lipinski definition) is 5. The number of halogens is 1. The monoisotopic (exact) mass is 391 g/mol. The number of nitrogens with zero attached hydrogens (tertiary/aromatic N) is 4. The maximum absolute atomic E-state index is 12.7. The van der Waals surface area contributed by atoms with Gasteiger partial charge < -0.3 is 19.5 Å². The Kier molecular flexibility index (Phi) is 6.71. The van der Waals surface area contributed by atoms with E-state index in [4.69, 9.17) is 16.3 Å². The fraction of sp³-hybridized carbons (Fsp3) is 0.474. The Morgan fingerprint density at radius 2 is 2.19 bits per heavy atom. The van der Waals surface area contributed by atoms with Crippen LogP contribution in [0.3, 0.4) is 0 Å². The number of hydrogen-bond donors (Lipinski definition) is 1. The molecule has 1 aromatic carbocycles. The second-order valence-electron chi connectivity index (χ2n) is 6.70. The van der Waals surface area contributed by atoms with Gasteiger partial charge in [0.05, 0.1) is 19.1 Å². The van der Waals surface area contributed by atoms with Gasteiger partial charge in [-0.2, -0.15) is 0 Å². The van der Waals surface area contributed by atoms with Crippen LogP contribution in [0.5, 0.6) is 5.75 Å². The van der Waals surface area contributed by atoms with Crippen LogP contribution in [0.25, 0.3) is 0 Å². The molecule has 1 amide bonds. The summed E-state index contributed by atoms with van der Waals surface area (Å²) in [5.74, 6) is 1.80. The van der Waals surface area contributed by atoms with Crippen LogP contribution in [0.4, 0.5) is 0 Å². The first-order chi connectivity index (χ1) is 13.0. The molecule has 1 N–H and O–H groups in total. The topological polar surface area (TPSA) is 62.6 Å². The van der Waals surface area contributed by atoms with Crippen molar-refractivity contribution >= 4 is 17.5 Å². The normalized spacial score (nSPS) is 17.7. The molecule has 146 valence electrons. The second-order valence-corrected chi connectivity index (χ2v) is 7.14. The van der Waals surface area contributed by atoms with Crippen LogP contribution in [0.2, 0.25) is 5.02 Å². The van der Waals surface area contributed by atoms with Gasteiger partial charge in [0.2, 0.25) is 5.91 Å². The van der Waals surface area contributed by atoms with Gasteiger partial charge in [-0.05, 0) is 24.3 Å². The number of piperazine rings is 1. The van der Waals surface area contributed by atoms with Crippen molar-refractivity contribution in [2.45, 2.75) is 6.04 Å². The maximum atomic E-state index is 12.7. The highest BCUT2D eigenvalue weighted by molar-refractivity contribution is 6.30. The molecule has 3 rings (SSSR count). The minimum absolute atomic E-state index is 0.0795. The van der Waals surface area contributed by atoms with E-state index in [0.29, 0.717) is 24.7 Å². The van der Waals surface area contributed by atoms with Crippen molar-refractivity contribution in [2.75, 3.05) is 46.4 Å². The Labute approximate surface area is 164 Å². The first kappa shape index (κ1) is 19.7. The standard InChI is InChI=1S/C19H26ClN5O2/c1-23(11-12-27-16-5-3-15(20)4-6-16)18(26)14-25-10-7-21-13-17(25)19-22-8-9-24(19)2/h3-6,8-9,17,21H,7,10-14H2,1-2H3. The Bertz CT molecular complexity index is 749. The third-order valence-corrected chi connectivity index (χ3v) is 5.04. The molecule has 1 aromatic heterocycles. The number of amides is 1. The van der Waals surface area contributed by atoms with Crippen LogP contribution >= 0.6 is 11.6 Å². The van der Waals surface area contributed by atoms with Gasteiger partial charge in [0.1, 0.15) is 18.2 Å². The van der Waals surface area contributed by atoms with Crippen molar-refractivity contribution in [3.63, 3.8) is 0 Å². The number of likely N-dealkylation sites (N-methyl/N-ethyl adjacent to an activating group) is 1. The number of aryl methyl sites for hydroxylation is 1. The van der Waals surface area contributed by atoms with Crippen LogP contribution < -0.4 is 10.1 Å². The molecule has 0 spiro atoms. The van der Waals surface area contributed by atoms with E-state index in [-0.39, 0.29) is 11.9 Å². The molecule has 1 saturated heterocycles. The summed E-state index contributed by atoms with van der Waals surface area (Å²) in [4.78, 5) is 21.0. The van der Waals surface area contributed by atoms with Crippen molar-refractivity contribution in [2.24, 2.45) is 7.05 Å². The van der Waals surface area contributed by atoms with Gasteiger partial charge in [-0.1, -0.05) is 11.6 Å². The van der Waals surface area contributed by atoms with Crippen LogP contribution in [-0.2, 0) is 11.8 Å². The molecular formula is C19H26ClN5O2. The number of ether oxygens (including phenoxy) is 1. The SMILES string of the molecule is CN(CCOc1ccc(Cl)cc1)C(=O)CN1CCNCC1c1nccn1C. The lowest BCUT2D eigenvalue weighted by Gasteiger charge is -2.36. The second kappa shape index (κ2) is 9.21. The van der Waals surface area contributed by atoms with E-state index in [2.05, 4.69) is 15.2 Å². The fourth-order valence-corrected chi connectivity index (χ4v) is 3.26. The van der Waals surface area contributed by atoms with E-state index in [1.54, 1.807) is 23.2 Å². The lowest BCUT2D eigenvalue weighted by molar-refractivity contribution is -0.132. The first-order valence-electron chi connectivity index (χ1n) is 9.09. The molecule has 1 unspecified atom stereocenters. The number of rotatable bonds is 7. The highest BCUT2D eigenvalue weighted by atomic mass is 35.5. The smallest absolute Gasteiger partial charge is 0.236 e. The molecular weight excluding hydrogens is 366 g/mol. The molecule has 1 aliphatic rings. The lowest BCUT2D eigenvalue weighted by atomic mass is 10.1. The van der Waals surface area contributed by atoms with Gasteiger partial charge >= 0.3 is 0 Å². The minimum Gasteiger partial charge on any atom is -0.492 e. The number of carbonyl (C=O) groups excluding carboxylic acids is 1. The summed E-state index contributed by atoms with van der Waals surface area (Å²) >= 11 is 5.87. The number of benzene rings is 1. The van der Waals surface area contributed by atoms with Crippen LogP contribution in [0.1, 0.15) is 11.9 Å². The number of imidazole rings is 1. The zero-order chi connectivity index (χ0) is 19.2. The summed E-state index contributed by atoms with van der Waals surface area (Å²) in [5.41, 5.74) is 0. The summed E-state index contributed by atoms with van der Waals surface area (Å²) in [6.45, 7) is 3.82. The van der Waals surface area contributed by atoms with Crippen molar-refractivity contribution in [3.8, 4) is 5.75 Å². The highest BCUT2D eigenvalue weighted by Gasteiger charge is 2.28. The molecule has 1 fully saturated rings. The minimum atomic E-state index is 0.0795. The Morgan fingerprint density at radius 3 is 2.89 bits per heavy atom. The predicted molar refractivity (Wildman–Crippen MR) is 105 cm³/mol. The van der Waals surface area contributed by atoms with Gasteiger partial charge in [0.25, 0.3) is 0 Å². The van der Waals surface area contributed by atoms with Gasteiger partial charge in [0, 0.05) is 51.1 Å². The Balaban J connectivity index is 1.50. The molecule has 0 radical (unpaired) electrons. The van der Waals surface area contributed by atoms with Crippen molar-refractivity contribution < 1.29 is 9.53 Å². The molecule has 27 heavy (non-hydrogen) atoms. The largest absolute Gasteiger partial charge is 0.492 e. The van der Waals surface area contributed by atoms with Crippen LogP contribution in [0.15, 0.2) is 36.7 Å². The third-order valence-electron chi connectivity index (χ3n) is 4.78. The Hall–Kier alpha value is -2.09. The van der Waals surface area contributed by atoms with E-state index in [1.807, 2.05) is 37.0 Å². The average molecular weight is 392 g/mol. The first-order valence-corrected chi connectivity index (χ1v) is 9.46. The van der Waals surface area contributed by atoms with E-state index in [9.17, 15) is 4.79 Å². The van der Waals surface area contributed by atoms with E-state index in [1.165, 1.54) is 0 Å². The molecule has 8 heteroatoms. The third kappa shape index (κ3) is 5.22. The lowest BCUT2D eigenvalue weighted by Crippen LogP contribution is -2.50. The summed E-state index contributed by atoms with van der Waals surface area (Å²) in [6.07, 6.45) is 3.73. The molecule has 7 nitrogen and oxygen atoms in total. The van der Waals surface area contributed by atoms with E-state index < -0.39 is 0 Å². The van der Waals surface area contributed by atoms with Crippen LogP contribution in [0, 0.1) is 0 Å². The molecule has 0 aliphatic carbocycles. The Morgan fingerprint density at radius 1 is 1.41 bits per heavy atom.